The summed E-state index contributed by atoms with van der Waals surface area (Å²) in [6.45, 7) is 5.67. The van der Waals surface area contributed by atoms with E-state index in [2.05, 4.69) is 17.5 Å². The minimum Gasteiger partial charge on any atom is -0.464 e. The molecule has 0 unspecified atom stereocenters. The van der Waals surface area contributed by atoms with Crippen LogP contribution in [-0.4, -0.2) is 24.4 Å². The molecule has 0 bridgehead atoms. The number of hydrogen-bond donors (Lipinski definition) is 2. The van der Waals surface area contributed by atoms with Crippen molar-refractivity contribution in [1.29, 1.82) is 0 Å². The first-order valence-corrected chi connectivity index (χ1v) is 5.07. The van der Waals surface area contributed by atoms with Crippen LogP contribution in [0.3, 0.4) is 0 Å². The van der Waals surface area contributed by atoms with Gasteiger partial charge >= 0.3 is 5.97 Å². The molecule has 0 saturated heterocycles. The van der Waals surface area contributed by atoms with Gasteiger partial charge in [0.25, 0.3) is 0 Å². The summed E-state index contributed by atoms with van der Waals surface area (Å²) in [7, 11) is 0. The van der Waals surface area contributed by atoms with Gasteiger partial charge in [0.2, 0.25) is 0 Å². The third-order valence-electron chi connectivity index (χ3n) is 1.40. The van der Waals surface area contributed by atoms with Crippen molar-refractivity contribution in [3.8, 4) is 0 Å². The van der Waals surface area contributed by atoms with E-state index < -0.39 is 5.41 Å². The lowest BCUT2D eigenvalue weighted by Gasteiger charge is -2.19. The highest BCUT2D eigenvalue weighted by Crippen LogP contribution is 2.15. The molecule has 78 valence electrons. The van der Waals surface area contributed by atoms with Gasteiger partial charge in [-0.25, -0.2) is 4.84 Å². The van der Waals surface area contributed by atoms with Crippen LogP contribution in [0.25, 0.3) is 0 Å². The second kappa shape index (κ2) is 5.73. The van der Waals surface area contributed by atoms with Crippen LogP contribution in [-0.2, 0) is 9.53 Å². The summed E-state index contributed by atoms with van der Waals surface area (Å²) in [5, 5.41) is 0. The molecule has 0 rings (SSSR count). The Morgan fingerprint density at radius 3 is 2.46 bits per heavy atom. The molecule has 0 radical (unpaired) electrons. The number of esters is 1. The van der Waals surface area contributed by atoms with Crippen LogP contribution in [0.4, 0.5) is 0 Å². The van der Waals surface area contributed by atoms with E-state index in [-0.39, 0.29) is 18.6 Å². The second-order valence-electron chi connectivity index (χ2n) is 3.84. The minimum absolute atomic E-state index is 0.101. The van der Waals surface area contributed by atoms with Gasteiger partial charge in [0.05, 0.1) is 11.5 Å². The molecule has 0 saturated carbocycles. The van der Waals surface area contributed by atoms with Gasteiger partial charge in [-0.1, -0.05) is 0 Å². The fraction of sp³-hybridized carbons (Fsp3) is 0.875. The lowest BCUT2D eigenvalue weighted by atomic mass is 9.97. The highest BCUT2D eigenvalue weighted by Gasteiger charge is 2.23. The summed E-state index contributed by atoms with van der Waals surface area (Å²) in [5.74, 6) is 0.298. The smallest absolute Gasteiger partial charge is 0.311 e. The molecule has 0 spiro atoms. The Hall–Kier alpha value is 0.0700. The molecule has 0 aliphatic heterocycles. The zero-order valence-corrected chi connectivity index (χ0v) is 9.78. The molecule has 0 aromatic rings. The van der Waals surface area contributed by atoms with Crippen molar-refractivity contribution in [3.05, 3.63) is 0 Å². The monoisotopic (exact) mass is 225 g/mol. The SMILES string of the molecule is CC(C)(C)C(=O)OC[C@H](CS)NCl. The summed E-state index contributed by atoms with van der Waals surface area (Å²) in [5.41, 5.74) is -0.465. The molecule has 0 amide bonds. The van der Waals surface area contributed by atoms with E-state index in [1.54, 1.807) is 20.8 Å². The molecule has 0 aromatic heterocycles. The number of ether oxygens (including phenoxy) is 1. The molecule has 0 aliphatic carbocycles. The fourth-order valence-corrected chi connectivity index (χ4v) is 0.956. The standard InChI is InChI=1S/C8H16ClNO2S/c1-8(2,3)7(11)12-4-6(5-13)10-9/h6,10,13H,4-5H2,1-3H3/t6-/m1/s1. The van der Waals surface area contributed by atoms with E-state index in [4.69, 9.17) is 16.5 Å². The van der Waals surface area contributed by atoms with E-state index in [1.165, 1.54) is 0 Å². The quantitative estimate of drug-likeness (QED) is 0.434. The average molecular weight is 226 g/mol. The molecule has 0 aromatic carbocycles. The van der Waals surface area contributed by atoms with Crippen molar-refractivity contribution >= 4 is 30.4 Å². The Labute approximate surface area is 89.7 Å². The number of nitrogens with one attached hydrogen (secondary N) is 1. The normalized spacial score (nSPS) is 13.9. The Bertz CT molecular complexity index is 166. The van der Waals surface area contributed by atoms with Gasteiger partial charge in [-0.15, -0.1) is 0 Å². The maximum Gasteiger partial charge on any atom is 0.311 e. The number of carbonyl (C=O) groups excluding carboxylic acids is 1. The Morgan fingerprint density at radius 2 is 2.15 bits per heavy atom. The van der Waals surface area contributed by atoms with Gasteiger partial charge in [0.15, 0.2) is 0 Å². The van der Waals surface area contributed by atoms with Crippen molar-refractivity contribution in [1.82, 2.24) is 4.84 Å². The zero-order valence-electron chi connectivity index (χ0n) is 8.13. The lowest BCUT2D eigenvalue weighted by molar-refractivity contribution is -0.153. The van der Waals surface area contributed by atoms with E-state index in [1.807, 2.05) is 0 Å². The van der Waals surface area contributed by atoms with E-state index in [0.717, 1.165) is 0 Å². The number of thiol groups is 1. The van der Waals surface area contributed by atoms with Gasteiger partial charge in [-0.3, -0.25) is 4.79 Å². The summed E-state index contributed by atoms with van der Waals surface area (Å²) in [4.78, 5) is 13.8. The average Bonchev–Trinajstić information content (AvgIpc) is 2.04. The maximum atomic E-state index is 11.3. The predicted molar refractivity (Wildman–Crippen MR) is 57.0 cm³/mol. The molecular formula is C8H16ClNO2S. The van der Waals surface area contributed by atoms with Crippen molar-refractivity contribution in [2.24, 2.45) is 5.41 Å². The van der Waals surface area contributed by atoms with Crippen LogP contribution in [0.15, 0.2) is 0 Å². The third-order valence-corrected chi connectivity index (χ3v) is 2.15. The maximum absolute atomic E-state index is 11.3. The summed E-state index contributed by atoms with van der Waals surface area (Å²) in [6.07, 6.45) is 0. The van der Waals surface area contributed by atoms with Gasteiger partial charge in [-0.05, 0) is 32.5 Å². The number of halogens is 1. The van der Waals surface area contributed by atoms with Crippen LogP contribution in [0.2, 0.25) is 0 Å². The Morgan fingerprint density at radius 1 is 1.62 bits per heavy atom. The van der Waals surface area contributed by atoms with Crippen LogP contribution in [0.5, 0.6) is 0 Å². The molecule has 13 heavy (non-hydrogen) atoms. The minimum atomic E-state index is -0.465. The van der Waals surface area contributed by atoms with E-state index >= 15 is 0 Å². The van der Waals surface area contributed by atoms with Crippen LogP contribution >= 0.6 is 24.4 Å². The molecule has 0 fully saturated rings. The Kier molecular flexibility index (Phi) is 5.76. The summed E-state index contributed by atoms with van der Waals surface area (Å²) < 4.78 is 5.02. The van der Waals surface area contributed by atoms with Gasteiger partial charge < -0.3 is 4.74 Å². The van der Waals surface area contributed by atoms with Gasteiger partial charge in [0.1, 0.15) is 6.61 Å². The van der Waals surface area contributed by atoms with Gasteiger partial charge in [-0.2, -0.15) is 12.6 Å². The van der Waals surface area contributed by atoms with Gasteiger partial charge in [0, 0.05) is 5.75 Å². The first kappa shape index (κ1) is 13.1. The molecule has 5 heteroatoms. The molecule has 0 heterocycles. The van der Waals surface area contributed by atoms with E-state index in [0.29, 0.717) is 5.75 Å². The van der Waals surface area contributed by atoms with Crippen LogP contribution in [0, 0.1) is 5.41 Å². The first-order chi connectivity index (χ1) is 5.91. The molecular weight excluding hydrogens is 210 g/mol. The first-order valence-electron chi connectivity index (χ1n) is 4.06. The summed E-state index contributed by atoms with van der Waals surface area (Å²) >= 11 is 9.41. The van der Waals surface area contributed by atoms with Crippen molar-refractivity contribution in [2.75, 3.05) is 12.4 Å². The molecule has 0 aliphatic rings. The van der Waals surface area contributed by atoms with Crippen molar-refractivity contribution in [2.45, 2.75) is 26.8 Å². The molecule has 1 N–H and O–H groups in total. The third kappa shape index (κ3) is 5.39. The molecule has 1 atom stereocenters. The van der Waals surface area contributed by atoms with Crippen molar-refractivity contribution in [3.63, 3.8) is 0 Å². The van der Waals surface area contributed by atoms with Crippen molar-refractivity contribution < 1.29 is 9.53 Å². The largest absolute Gasteiger partial charge is 0.464 e. The zero-order chi connectivity index (χ0) is 10.5. The summed E-state index contributed by atoms with van der Waals surface area (Å²) in [6, 6.07) is -0.101. The predicted octanol–water partition coefficient (Wildman–Crippen LogP) is 1.62. The second-order valence-corrected chi connectivity index (χ2v) is 4.42. The number of carbonyl (C=O) groups is 1. The van der Waals surface area contributed by atoms with Crippen LogP contribution in [0.1, 0.15) is 20.8 Å². The van der Waals surface area contributed by atoms with E-state index in [9.17, 15) is 4.79 Å². The fourth-order valence-electron chi connectivity index (χ4n) is 0.511. The number of hydrogen-bond acceptors (Lipinski definition) is 4. The highest BCUT2D eigenvalue weighted by atomic mass is 35.5. The lowest BCUT2D eigenvalue weighted by Crippen LogP contribution is -2.33. The number of rotatable bonds is 4. The Balaban J connectivity index is 3.82. The topological polar surface area (TPSA) is 38.3 Å². The highest BCUT2D eigenvalue weighted by molar-refractivity contribution is 7.80. The molecule has 3 nitrogen and oxygen atoms in total. The van der Waals surface area contributed by atoms with Crippen LogP contribution < -0.4 is 4.84 Å².